The molecule has 5 heteroatoms. The minimum atomic E-state index is -0.0551. The van der Waals surface area contributed by atoms with Crippen molar-refractivity contribution in [3.05, 3.63) is 59.7 Å². The highest BCUT2D eigenvalue weighted by Crippen LogP contribution is 2.24. The third kappa shape index (κ3) is 6.66. The Balaban J connectivity index is 2.11. The van der Waals surface area contributed by atoms with Gasteiger partial charge < -0.3 is 19.3 Å². The predicted molar refractivity (Wildman–Crippen MR) is 114 cm³/mol. The molecule has 0 heterocycles. The molecule has 2 aromatic rings. The van der Waals surface area contributed by atoms with Crippen molar-refractivity contribution in [1.82, 2.24) is 9.80 Å². The topological polar surface area (TPSA) is 42.0 Å². The van der Waals surface area contributed by atoms with E-state index in [4.69, 9.17) is 9.47 Å². The lowest BCUT2D eigenvalue weighted by molar-refractivity contribution is 0.103. The first-order valence-corrected chi connectivity index (χ1v) is 9.63. The maximum absolute atomic E-state index is 13.0. The van der Waals surface area contributed by atoms with E-state index >= 15 is 0 Å². The molecule has 0 aliphatic carbocycles. The quantitative estimate of drug-likeness (QED) is 0.586. The van der Waals surface area contributed by atoms with Crippen molar-refractivity contribution >= 4 is 5.78 Å². The Morgan fingerprint density at radius 2 is 1.36 bits per heavy atom. The highest BCUT2D eigenvalue weighted by atomic mass is 16.5. The van der Waals surface area contributed by atoms with Crippen molar-refractivity contribution < 1.29 is 14.3 Å². The number of hydrogen-bond acceptors (Lipinski definition) is 5. The van der Waals surface area contributed by atoms with Gasteiger partial charge in [0.15, 0.2) is 5.78 Å². The minimum Gasteiger partial charge on any atom is -0.489 e. The van der Waals surface area contributed by atoms with Gasteiger partial charge >= 0.3 is 0 Å². The number of likely N-dealkylation sites (N-methyl/N-ethyl adjacent to an activating group) is 2. The van der Waals surface area contributed by atoms with Crippen molar-refractivity contribution in [1.29, 1.82) is 0 Å². The highest BCUT2D eigenvalue weighted by Gasteiger charge is 2.17. The number of para-hydroxylation sites is 1. The van der Waals surface area contributed by atoms with Crippen molar-refractivity contribution in [3.63, 3.8) is 0 Å². The normalized spacial score (nSPS) is 13.4. The molecule has 0 aliphatic rings. The zero-order valence-corrected chi connectivity index (χ0v) is 17.8. The van der Waals surface area contributed by atoms with Gasteiger partial charge in [0.05, 0.1) is 5.56 Å². The molecule has 152 valence electrons. The predicted octanol–water partition coefficient (Wildman–Crippen LogP) is 3.58. The van der Waals surface area contributed by atoms with Crippen LogP contribution in [0.25, 0.3) is 0 Å². The molecule has 2 atom stereocenters. The maximum atomic E-state index is 13.0. The zero-order chi connectivity index (χ0) is 20.7. The van der Waals surface area contributed by atoms with E-state index in [0.717, 1.165) is 18.8 Å². The molecule has 0 N–H and O–H groups in total. The van der Waals surface area contributed by atoms with Crippen LogP contribution in [0.1, 0.15) is 29.8 Å². The highest BCUT2D eigenvalue weighted by molar-refractivity contribution is 6.10. The summed E-state index contributed by atoms with van der Waals surface area (Å²) in [5.74, 6) is 1.32. The van der Waals surface area contributed by atoms with Crippen LogP contribution in [0, 0.1) is 0 Å². The van der Waals surface area contributed by atoms with Crippen LogP contribution in [0.15, 0.2) is 48.5 Å². The summed E-state index contributed by atoms with van der Waals surface area (Å²) in [5.41, 5.74) is 1.19. The molecule has 5 nitrogen and oxygen atoms in total. The van der Waals surface area contributed by atoms with Crippen molar-refractivity contribution in [3.8, 4) is 11.5 Å². The molecule has 2 rings (SSSR count). The van der Waals surface area contributed by atoms with Gasteiger partial charge in [-0.25, -0.2) is 0 Å². The molecular formula is C23H32N2O3. The van der Waals surface area contributed by atoms with Gasteiger partial charge in [0, 0.05) is 18.7 Å². The van der Waals surface area contributed by atoms with Gasteiger partial charge in [-0.05, 0) is 78.4 Å². The fraction of sp³-hybridized carbons (Fsp3) is 0.435. The molecular weight excluding hydrogens is 352 g/mol. The summed E-state index contributed by atoms with van der Waals surface area (Å²) < 4.78 is 11.9. The molecule has 0 spiro atoms. The molecule has 0 saturated heterocycles. The van der Waals surface area contributed by atoms with Crippen molar-refractivity contribution in [2.75, 3.05) is 41.3 Å². The molecule has 0 fully saturated rings. The Bertz CT molecular complexity index is 757. The Morgan fingerprint density at radius 1 is 0.821 bits per heavy atom. The summed E-state index contributed by atoms with van der Waals surface area (Å²) in [5, 5.41) is 0. The summed E-state index contributed by atoms with van der Waals surface area (Å²) in [6.45, 7) is 5.64. The van der Waals surface area contributed by atoms with Crippen molar-refractivity contribution in [2.45, 2.75) is 26.1 Å². The Hall–Kier alpha value is -2.37. The van der Waals surface area contributed by atoms with Gasteiger partial charge in [0.25, 0.3) is 0 Å². The molecule has 0 bridgehead atoms. The fourth-order valence-electron chi connectivity index (χ4n) is 3.15. The second-order valence-electron chi connectivity index (χ2n) is 7.73. The van der Waals surface area contributed by atoms with Gasteiger partial charge in [-0.15, -0.1) is 0 Å². The van der Waals surface area contributed by atoms with Crippen LogP contribution >= 0.6 is 0 Å². The first-order chi connectivity index (χ1) is 13.3. The molecule has 0 saturated carbocycles. The van der Waals surface area contributed by atoms with Crippen LogP contribution in [0.3, 0.4) is 0 Å². The van der Waals surface area contributed by atoms with E-state index in [1.807, 2.05) is 78.4 Å². The Kier molecular flexibility index (Phi) is 8.03. The van der Waals surface area contributed by atoms with Crippen LogP contribution in [0.2, 0.25) is 0 Å². The summed E-state index contributed by atoms with van der Waals surface area (Å²) in [6.07, 6.45) is 0.0572. The van der Waals surface area contributed by atoms with Crippen LogP contribution in [0.4, 0.5) is 0 Å². The van der Waals surface area contributed by atoms with Crippen LogP contribution in [-0.2, 0) is 0 Å². The summed E-state index contributed by atoms with van der Waals surface area (Å²) >= 11 is 0. The maximum Gasteiger partial charge on any atom is 0.196 e. The lowest BCUT2D eigenvalue weighted by Gasteiger charge is -2.20. The fourth-order valence-corrected chi connectivity index (χ4v) is 3.15. The number of ketones is 1. The number of rotatable bonds is 10. The Labute approximate surface area is 168 Å². The van der Waals surface area contributed by atoms with E-state index in [1.165, 1.54) is 0 Å². The van der Waals surface area contributed by atoms with Crippen LogP contribution in [0.5, 0.6) is 11.5 Å². The minimum absolute atomic E-state index is 0.0158. The lowest BCUT2D eigenvalue weighted by atomic mass is 10.0. The van der Waals surface area contributed by atoms with Gasteiger partial charge in [0.1, 0.15) is 23.7 Å². The third-order valence-electron chi connectivity index (χ3n) is 4.16. The largest absolute Gasteiger partial charge is 0.489 e. The number of carbonyl (C=O) groups excluding carboxylic acids is 1. The van der Waals surface area contributed by atoms with E-state index in [1.54, 1.807) is 12.1 Å². The first kappa shape index (κ1) is 21.9. The van der Waals surface area contributed by atoms with Crippen LogP contribution in [-0.4, -0.2) is 69.1 Å². The SMILES string of the molecule is CC(CN(C)C)Oc1ccc(C(=O)c2ccccc2OC(C)CN(C)C)cc1. The molecule has 0 radical (unpaired) electrons. The number of nitrogens with zero attached hydrogens (tertiary/aromatic N) is 2. The average Bonchev–Trinajstić information content (AvgIpc) is 2.60. The Morgan fingerprint density at radius 3 is 1.93 bits per heavy atom. The lowest BCUT2D eigenvalue weighted by Crippen LogP contribution is -2.28. The zero-order valence-electron chi connectivity index (χ0n) is 17.8. The molecule has 2 aromatic carbocycles. The molecule has 0 aliphatic heterocycles. The van der Waals surface area contributed by atoms with Gasteiger partial charge in [-0.2, -0.15) is 0 Å². The van der Waals surface area contributed by atoms with Gasteiger partial charge in [0.2, 0.25) is 0 Å². The number of carbonyl (C=O) groups is 1. The van der Waals surface area contributed by atoms with E-state index in [2.05, 4.69) is 9.80 Å². The smallest absolute Gasteiger partial charge is 0.196 e. The summed E-state index contributed by atoms with van der Waals surface area (Å²) in [4.78, 5) is 17.2. The number of ether oxygens (including phenoxy) is 2. The molecule has 0 amide bonds. The van der Waals surface area contributed by atoms with E-state index < -0.39 is 0 Å². The first-order valence-electron chi connectivity index (χ1n) is 9.63. The van der Waals surface area contributed by atoms with E-state index in [0.29, 0.717) is 16.9 Å². The van der Waals surface area contributed by atoms with Gasteiger partial charge in [-0.3, -0.25) is 4.79 Å². The average molecular weight is 385 g/mol. The number of benzene rings is 2. The molecule has 28 heavy (non-hydrogen) atoms. The standard InChI is InChI=1S/C23H32N2O3/c1-17(15-24(3)4)27-20-13-11-19(12-14-20)23(26)21-9-7-8-10-22(21)28-18(2)16-25(5)6/h7-14,17-18H,15-16H2,1-6H3. The monoisotopic (exact) mass is 384 g/mol. The molecule has 2 unspecified atom stereocenters. The second kappa shape index (κ2) is 10.2. The second-order valence-corrected chi connectivity index (χ2v) is 7.73. The summed E-state index contributed by atoms with van der Waals surface area (Å²) in [7, 11) is 8.03. The van der Waals surface area contributed by atoms with Crippen molar-refractivity contribution in [2.24, 2.45) is 0 Å². The van der Waals surface area contributed by atoms with Gasteiger partial charge in [-0.1, -0.05) is 12.1 Å². The molecule has 0 aromatic heterocycles. The number of hydrogen-bond donors (Lipinski definition) is 0. The van der Waals surface area contributed by atoms with Crippen LogP contribution < -0.4 is 9.47 Å². The van der Waals surface area contributed by atoms with E-state index in [9.17, 15) is 4.79 Å². The summed E-state index contributed by atoms with van der Waals surface area (Å²) in [6, 6.07) is 14.7. The third-order valence-corrected chi connectivity index (χ3v) is 4.16. The van der Waals surface area contributed by atoms with E-state index in [-0.39, 0.29) is 18.0 Å².